The molecule has 0 aromatic heterocycles. The van der Waals surface area contributed by atoms with Crippen molar-refractivity contribution in [3.8, 4) is 0 Å². The van der Waals surface area contributed by atoms with Gasteiger partial charge in [-0.1, -0.05) is 28.1 Å². The zero-order chi connectivity index (χ0) is 14.6. The molecule has 1 aliphatic heterocycles. The van der Waals surface area contributed by atoms with Gasteiger partial charge in [-0.2, -0.15) is 0 Å². The molecule has 1 amide bonds. The van der Waals surface area contributed by atoms with Gasteiger partial charge in [-0.25, -0.2) is 0 Å². The summed E-state index contributed by atoms with van der Waals surface area (Å²) >= 11 is 3.47. The van der Waals surface area contributed by atoms with Crippen molar-refractivity contribution in [3.63, 3.8) is 0 Å². The molecule has 1 atom stereocenters. The molecule has 3 nitrogen and oxygen atoms in total. The Morgan fingerprint density at radius 1 is 1.50 bits per heavy atom. The molecule has 1 aliphatic rings. The molecule has 1 aromatic rings. The fraction of sp³-hybridized carbons (Fsp3) is 0.562. The SMILES string of the molecule is CNCC1(C)CCCN1C(=O)CCc1cccc(Br)c1. The highest BCUT2D eigenvalue weighted by atomic mass is 79.9. The minimum absolute atomic E-state index is 0.0108. The van der Waals surface area contributed by atoms with Crippen molar-refractivity contribution >= 4 is 21.8 Å². The van der Waals surface area contributed by atoms with Crippen LogP contribution in [0.4, 0.5) is 0 Å². The van der Waals surface area contributed by atoms with Crippen LogP contribution < -0.4 is 5.32 Å². The lowest BCUT2D eigenvalue weighted by Gasteiger charge is -2.35. The molecule has 1 heterocycles. The van der Waals surface area contributed by atoms with Gasteiger partial charge in [0.05, 0.1) is 5.54 Å². The Labute approximate surface area is 129 Å². The number of likely N-dealkylation sites (tertiary alicyclic amines) is 1. The predicted octanol–water partition coefficient (Wildman–Crippen LogP) is 2.98. The number of nitrogens with one attached hydrogen (secondary N) is 1. The zero-order valence-corrected chi connectivity index (χ0v) is 13.9. The van der Waals surface area contributed by atoms with Crippen molar-refractivity contribution in [3.05, 3.63) is 34.3 Å². The number of hydrogen-bond donors (Lipinski definition) is 1. The van der Waals surface area contributed by atoms with Crippen LogP contribution in [0.5, 0.6) is 0 Å². The summed E-state index contributed by atoms with van der Waals surface area (Å²) in [5.41, 5.74) is 1.20. The predicted molar refractivity (Wildman–Crippen MR) is 85.7 cm³/mol. The van der Waals surface area contributed by atoms with Gasteiger partial charge in [-0.3, -0.25) is 4.79 Å². The lowest BCUT2D eigenvalue weighted by atomic mass is 9.98. The first-order valence-electron chi connectivity index (χ1n) is 7.25. The van der Waals surface area contributed by atoms with Crippen molar-refractivity contribution < 1.29 is 4.79 Å². The third-order valence-corrected chi connectivity index (χ3v) is 4.62. The van der Waals surface area contributed by atoms with Gasteiger partial charge in [0.2, 0.25) is 5.91 Å². The summed E-state index contributed by atoms with van der Waals surface area (Å²) < 4.78 is 1.07. The number of carbonyl (C=O) groups excluding carboxylic acids is 1. The van der Waals surface area contributed by atoms with Crippen LogP contribution in [-0.2, 0) is 11.2 Å². The molecular formula is C16H23BrN2O. The van der Waals surface area contributed by atoms with Crippen molar-refractivity contribution in [2.24, 2.45) is 0 Å². The average molecular weight is 339 g/mol. The van der Waals surface area contributed by atoms with Gasteiger partial charge < -0.3 is 10.2 Å². The highest BCUT2D eigenvalue weighted by molar-refractivity contribution is 9.10. The smallest absolute Gasteiger partial charge is 0.223 e. The molecule has 0 spiro atoms. The van der Waals surface area contributed by atoms with Crippen molar-refractivity contribution in [1.29, 1.82) is 0 Å². The van der Waals surface area contributed by atoms with E-state index in [0.717, 1.165) is 36.8 Å². The average Bonchev–Trinajstić information content (AvgIpc) is 2.78. The first-order valence-corrected chi connectivity index (χ1v) is 8.04. The van der Waals surface area contributed by atoms with Crippen LogP contribution in [-0.4, -0.2) is 36.5 Å². The molecule has 1 unspecified atom stereocenters. The number of nitrogens with zero attached hydrogens (tertiary/aromatic N) is 1. The van der Waals surface area contributed by atoms with Crippen LogP contribution in [0.25, 0.3) is 0 Å². The third-order valence-electron chi connectivity index (χ3n) is 4.12. The van der Waals surface area contributed by atoms with Crippen molar-refractivity contribution in [1.82, 2.24) is 10.2 Å². The van der Waals surface area contributed by atoms with E-state index in [0.29, 0.717) is 6.42 Å². The summed E-state index contributed by atoms with van der Waals surface area (Å²) in [6, 6.07) is 8.19. The fourth-order valence-electron chi connectivity index (χ4n) is 3.09. The van der Waals surface area contributed by atoms with Crippen LogP contribution >= 0.6 is 15.9 Å². The molecule has 0 bridgehead atoms. The van der Waals surface area contributed by atoms with E-state index in [2.05, 4.69) is 45.2 Å². The van der Waals surface area contributed by atoms with Crippen LogP contribution in [0, 0.1) is 0 Å². The van der Waals surface area contributed by atoms with Gasteiger partial charge in [-0.05, 0) is 50.9 Å². The van der Waals surface area contributed by atoms with Gasteiger partial charge in [0.1, 0.15) is 0 Å². The van der Waals surface area contributed by atoms with Crippen molar-refractivity contribution in [2.45, 2.75) is 38.1 Å². The second-order valence-electron chi connectivity index (χ2n) is 5.81. The Kier molecular flexibility index (Phi) is 5.22. The first-order chi connectivity index (χ1) is 9.55. The standard InChI is InChI=1S/C16H23BrN2O/c1-16(12-18-2)9-4-10-19(16)15(20)8-7-13-5-3-6-14(17)11-13/h3,5-6,11,18H,4,7-10,12H2,1-2H3. The number of rotatable bonds is 5. The van der Waals surface area contributed by atoms with E-state index >= 15 is 0 Å². The highest BCUT2D eigenvalue weighted by Crippen LogP contribution is 2.29. The molecular weight excluding hydrogens is 316 g/mol. The van der Waals surface area contributed by atoms with Gasteiger partial charge >= 0.3 is 0 Å². The fourth-order valence-corrected chi connectivity index (χ4v) is 3.54. The van der Waals surface area contributed by atoms with E-state index in [1.165, 1.54) is 5.56 Å². The summed E-state index contributed by atoms with van der Waals surface area (Å²) in [5, 5.41) is 3.22. The lowest BCUT2D eigenvalue weighted by Crippen LogP contribution is -2.50. The second kappa shape index (κ2) is 6.72. The molecule has 1 aromatic carbocycles. The number of aryl methyl sites for hydroxylation is 1. The summed E-state index contributed by atoms with van der Waals surface area (Å²) in [7, 11) is 1.95. The Morgan fingerprint density at radius 3 is 3.00 bits per heavy atom. The summed E-state index contributed by atoms with van der Waals surface area (Å²) in [5.74, 6) is 0.278. The van der Waals surface area contributed by atoms with E-state index in [1.807, 2.05) is 19.2 Å². The number of benzene rings is 1. The Balaban J connectivity index is 1.94. The Bertz CT molecular complexity index is 477. The summed E-state index contributed by atoms with van der Waals surface area (Å²) in [6.07, 6.45) is 3.61. The van der Waals surface area contributed by atoms with E-state index in [9.17, 15) is 4.79 Å². The summed E-state index contributed by atoms with van der Waals surface area (Å²) in [6.45, 7) is 3.96. The first kappa shape index (κ1) is 15.5. The molecule has 1 fully saturated rings. The molecule has 0 radical (unpaired) electrons. The quantitative estimate of drug-likeness (QED) is 0.895. The second-order valence-corrected chi connectivity index (χ2v) is 6.72. The van der Waals surface area contributed by atoms with Gasteiger partial charge in [0.25, 0.3) is 0 Å². The highest BCUT2D eigenvalue weighted by Gasteiger charge is 2.38. The maximum Gasteiger partial charge on any atom is 0.223 e. The number of amides is 1. The lowest BCUT2D eigenvalue weighted by molar-refractivity contribution is -0.134. The summed E-state index contributed by atoms with van der Waals surface area (Å²) in [4.78, 5) is 14.6. The van der Waals surface area contributed by atoms with E-state index in [4.69, 9.17) is 0 Å². The maximum absolute atomic E-state index is 12.5. The third kappa shape index (κ3) is 3.61. The molecule has 20 heavy (non-hydrogen) atoms. The monoisotopic (exact) mass is 338 g/mol. The normalized spacial score (nSPS) is 22.2. The zero-order valence-electron chi connectivity index (χ0n) is 12.3. The van der Waals surface area contributed by atoms with Gasteiger partial charge in [-0.15, -0.1) is 0 Å². The van der Waals surface area contributed by atoms with E-state index < -0.39 is 0 Å². The Morgan fingerprint density at radius 2 is 2.30 bits per heavy atom. The minimum Gasteiger partial charge on any atom is -0.336 e. The molecule has 110 valence electrons. The molecule has 0 aliphatic carbocycles. The molecule has 1 saturated heterocycles. The van der Waals surface area contributed by atoms with Crippen LogP contribution in [0.2, 0.25) is 0 Å². The molecule has 0 saturated carbocycles. The molecule has 2 rings (SSSR count). The van der Waals surface area contributed by atoms with Crippen LogP contribution in [0.15, 0.2) is 28.7 Å². The molecule has 1 N–H and O–H groups in total. The van der Waals surface area contributed by atoms with Crippen LogP contribution in [0.1, 0.15) is 31.7 Å². The van der Waals surface area contributed by atoms with E-state index in [-0.39, 0.29) is 11.4 Å². The number of likely N-dealkylation sites (N-methyl/N-ethyl adjacent to an activating group) is 1. The number of halogens is 1. The minimum atomic E-state index is -0.0108. The number of hydrogen-bond acceptors (Lipinski definition) is 2. The largest absolute Gasteiger partial charge is 0.336 e. The topological polar surface area (TPSA) is 32.3 Å². The van der Waals surface area contributed by atoms with E-state index in [1.54, 1.807) is 0 Å². The van der Waals surface area contributed by atoms with Crippen LogP contribution in [0.3, 0.4) is 0 Å². The maximum atomic E-state index is 12.5. The number of carbonyl (C=O) groups is 1. The molecule has 4 heteroatoms. The van der Waals surface area contributed by atoms with Gasteiger partial charge in [0, 0.05) is 24.0 Å². The van der Waals surface area contributed by atoms with Gasteiger partial charge in [0.15, 0.2) is 0 Å². The Hall–Kier alpha value is -0.870. The van der Waals surface area contributed by atoms with Crippen molar-refractivity contribution in [2.75, 3.05) is 20.1 Å².